The molecule has 1 aliphatic rings. The van der Waals surface area contributed by atoms with E-state index in [0.717, 1.165) is 15.7 Å². The highest BCUT2D eigenvalue weighted by Gasteiger charge is 2.26. The maximum Gasteiger partial charge on any atom is 0.332 e. The molecule has 0 saturated carbocycles. The van der Waals surface area contributed by atoms with Gasteiger partial charge in [-0.3, -0.25) is 28.4 Å². The molecular formula is C24H33N5O4. The number of amides is 1. The molecule has 9 nitrogen and oxygen atoms in total. The molecule has 178 valence electrons. The fraction of sp³-hybridized carbons (Fsp3) is 0.500. The fourth-order valence-corrected chi connectivity index (χ4v) is 4.02. The van der Waals surface area contributed by atoms with Crippen LogP contribution in [0.25, 0.3) is 0 Å². The Kier molecular flexibility index (Phi) is 7.53. The van der Waals surface area contributed by atoms with Crippen LogP contribution < -0.4 is 17.0 Å². The van der Waals surface area contributed by atoms with Crippen molar-refractivity contribution >= 4 is 17.5 Å². The number of hydrogen-bond donors (Lipinski definition) is 1. The number of nitrogens with zero attached hydrogens (tertiary/aromatic N) is 4. The summed E-state index contributed by atoms with van der Waals surface area (Å²) in [6.07, 6.45) is 0.350. The van der Waals surface area contributed by atoms with Crippen LogP contribution in [0.15, 0.2) is 33.9 Å². The summed E-state index contributed by atoms with van der Waals surface area (Å²) in [6, 6.07) is 7.91. The van der Waals surface area contributed by atoms with Gasteiger partial charge in [0.05, 0.1) is 13.0 Å². The molecule has 0 spiro atoms. The molecule has 2 heterocycles. The number of anilines is 1. The van der Waals surface area contributed by atoms with Gasteiger partial charge < -0.3 is 10.6 Å². The number of nitrogens with two attached hydrogens (primary N) is 1. The van der Waals surface area contributed by atoms with Gasteiger partial charge in [-0.1, -0.05) is 43.7 Å². The van der Waals surface area contributed by atoms with Crippen LogP contribution in [0.2, 0.25) is 0 Å². The van der Waals surface area contributed by atoms with Gasteiger partial charge in [0.1, 0.15) is 11.4 Å². The maximum absolute atomic E-state index is 13.0. The van der Waals surface area contributed by atoms with Gasteiger partial charge in [0, 0.05) is 39.8 Å². The number of aromatic nitrogens is 2. The predicted molar refractivity (Wildman–Crippen MR) is 127 cm³/mol. The predicted octanol–water partition coefficient (Wildman–Crippen LogP) is 0.663. The molecule has 1 fully saturated rings. The zero-order valence-electron chi connectivity index (χ0n) is 19.8. The lowest BCUT2D eigenvalue weighted by Gasteiger charge is -2.34. The molecule has 1 aromatic carbocycles. The Morgan fingerprint density at radius 2 is 1.64 bits per heavy atom. The molecule has 0 radical (unpaired) electrons. The number of nitrogen functional groups attached to an aromatic ring is 1. The van der Waals surface area contributed by atoms with Crippen LogP contribution in [0.5, 0.6) is 0 Å². The topological polar surface area (TPSA) is 111 Å². The Morgan fingerprint density at radius 3 is 2.21 bits per heavy atom. The summed E-state index contributed by atoms with van der Waals surface area (Å²) in [6.45, 7) is 8.27. The van der Waals surface area contributed by atoms with Gasteiger partial charge in [-0.05, 0) is 18.4 Å². The quantitative estimate of drug-likeness (QED) is 0.614. The van der Waals surface area contributed by atoms with Crippen molar-refractivity contribution in [3.05, 3.63) is 61.8 Å². The Hall–Kier alpha value is -3.20. The van der Waals surface area contributed by atoms with E-state index < -0.39 is 17.0 Å². The zero-order valence-corrected chi connectivity index (χ0v) is 19.8. The number of aryl methyl sites for hydroxylation is 1. The van der Waals surface area contributed by atoms with Gasteiger partial charge in [-0.25, -0.2) is 4.79 Å². The third-order valence-corrected chi connectivity index (χ3v) is 5.98. The van der Waals surface area contributed by atoms with E-state index >= 15 is 0 Å². The van der Waals surface area contributed by atoms with Crippen LogP contribution in [0.1, 0.15) is 35.3 Å². The molecule has 1 saturated heterocycles. The van der Waals surface area contributed by atoms with E-state index in [1.54, 1.807) is 4.90 Å². The lowest BCUT2D eigenvalue weighted by molar-refractivity contribution is -0.132. The van der Waals surface area contributed by atoms with Gasteiger partial charge in [0.2, 0.25) is 5.91 Å². The third kappa shape index (κ3) is 5.60. The zero-order chi connectivity index (χ0) is 24.3. The molecule has 3 rings (SSSR count). The monoisotopic (exact) mass is 455 g/mol. The molecule has 2 aromatic rings. The molecule has 0 bridgehead atoms. The minimum atomic E-state index is -0.672. The number of carbonyl (C=O) groups is 2. The second-order valence-corrected chi connectivity index (χ2v) is 9.15. The minimum absolute atomic E-state index is 0.0132. The standard InChI is InChI=1S/C24H33N5O4/c1-16(2)14-29-22(25)21(23(32)26(4)24(29)33)19(30)15-27-9-11-28(12-10-27)20(31)13-18-7-5-17(3)6-8-18/h5-8,16H,9-15,25H2,1-4H3. The number of carbonyl (C=O) groups excluding carboxylic acids is 2. The smallest absolute Gasteiger partial charge is 0.332 e. The number of ketones is 1. The molecule has 1 aromatic heterocycles. The van der Waals surface area contributed by atoms with Crippen molar-refractivity contribution in [3.8, 4) is 0 Å². The average Bonchev–Trinajstić information content (AvgIpc) is 2.77. The SMILES string of the molecule is Cc1ccc(CC(=O)N2CCN(CC(=O)c3c(N)n(CC(C)C)c(=O)n(C)c3=O)CC2)cc1. The van der Waals surface area contributed by atoms with E-state index in [1.807, 2.05) is 49.9 Å². The maximum atomic E-state index is 13.0. The molecule has 33 heavy (non-hydrogen) atoms. The lowest BCUT2D eigenvalue weighted by atomic mass is 10.1. The number of benzene rings is 1. The highest BCUT2D eigenvalue weighted by molar-refractivity contribution is 6.01. The largest absolute Gasteiger partial charge is 0.384 e. The van der Waals surface area contributed by atoms with E-state index in [2.05, 4.69) is 0 Å². The molecular weight excluding hydrogens is 422 g/mol. The molecule has 0 unspecified atom stereocenters. The number of Topliss-reactive ketones (excluding diaryl/α,β-unsaturated/α-hetero) is 1. The van der Waals surface area contributed by atoms with Crippen LogP contribution in [0, 0.1) is 12.8 Å². The van der Waals surface area contributed by atoms with Crippen molar-refractivity contribution < 1.29 is 9.59 Å². The number of rotatable bonds is 7. The minimum Gasteiger partial charge on any atom is -0.384 e. The van der Waals surface area contributed by atoms with Gasteiger partial charge in [-0.15, -0.1) is 0 Å². The summed E-state index contributed by atoms with van der Waals surface area (Å²) in [5.74, 6) is -0.307. The van der Waals surface area contributed by atoms with E-state index in [-0.39, 0.29) is 29.8 Å². The fourth-order valence-electron chi connectivity index (χ4n) is 4.02. The Balaban J connectivity index is 1.65. The number of hydrogen-bond acceptors (Lipinski definition) is 6. The van der Waals surface area contributed by atoms with Crippen LogP contribution in [0.3, 0.4) is 0 Å². The normalized spacial score (nSPS) is 14.6. The van der Waals surface area contributed by atoms with Gasteiger partial charge in [0.25, 0.3) is 5.56 Å². The molecule has 0 aliphatic carbocycles. The summed E-state index contributed by atoms with van der Waals surface area (Å²) < 4.78 is 2.23. The second-order valence-electron chi connectivity index (χ2n) is 9.15. The lowest BCUT2D eigenvalue weighted by Crippen LogP contribution is -2.51. The van der Waals surface area contributed by atoms with Crippen molar-refractivity contribution in [2.75, 3.05) is 38.5 Å². The van der Waals surface area contributed by atoms with Crippen LogP contribution >= 0.6 is 0 Å². The van der Waals surface area contributed by atoms with Crippen molar-refractivity contribution in [2.45, 2.75) is 33.7 Å². The van der Waals surface area contributed by atoms with Gasteiger partial charge >= 0.3 is 5.69 Å². The molecule has 1 aliphatic heterocycles. The van der Waals surface area contributed by atoms with Crippen molar-refractivity contribution in [3.63, 3.8) is 0 Å². The Labute approximate surface area is 193 Å². The van der Waals surface area contributed by atoms with E-state index in [0.29, 0.717) is 39.1 Å². The van der Waals surface area contributed by atoms with Gasteiger partial charge in [0.15, 0.2) is 5.78 Å². The first kappa shape index (κ1) is 24.4. The van der Waals surface area contributed by atoms with Crippen molar-refractivity contribution in [1.82, 2.24) is 18.9 Å². The molecule has 9 heteroatoms. The summed E-state index contributed by atoms with van der Waals surface area (Å²) in [4.78, 5) is 54.4. The molecule has 1 amide bonds. The first-order valence-corrected chi connectivity index (χ1v) is 11.3. The summed E-state index contributed by atoms with van der Waals surface area (Å²) in [5, 5.41) is 0. The molecule has 2 N–H and O–H groups in total. The van der Waals surface area contributed by atoms with E-state index in [9.17, 15) is 19.2 Å². The highest BCUT2D eigenvalue weighted by atomic mass is 16.2. The number of piperazine rings is 1. The van der Waals surface area contributed by atoms with Crippen LogP contribution in [-0.4, -0.2) is 63.3 Å². The third-order valence-electron chi connectivity index (χ3n) is 5.98. The van der Waals surface area contributed by atoms with Crippen molar-refractivity contribution in [1.29, 1.82) is 0 Å². The van der Waals surface area contributed by atoms with E-state index in [1.165, 1.54) is 11.6 Å². The summed E-state index contributed by atoms with van der Waals surface area (Å²) in [7, 11) is 1.36. The van der Waals surface area contributed by atoms with Crippen molar-refractivity contribution in [2.24, 2.45) is 13.0 Å². The Bertz CT molecular complexity index is 1140. The summed E-state index contributed by atoms with van der Waals surface area (Å²) >= 11 is 0. The first-order chi connectivity index (χ1) is 15.6. The average molecular weight is 456 g/mol. The molecule has 0 atom stereocenters. The highest BCUT2D eigenvalue weighted by Crippen LogP contribution is 2.12. The Morgan fingerprint density at radius 1 is 1.03 bits per heavy atom. The van der Waals surface area contributed by atoms with Crippen LogP contribution in [-0.2, 0) is 24.8 Å². The van der Waals surface area contributed by atoms with Gasteiger partial charge in [-0.2, -0.15) is 0 Å². The van der Waals surface area contributed by atoms with E-state index in [4.69, 9.17) is 5.73 Å². The first-order valence-electron chi connectivity index (χ1n) is 11.3. The summed E-state index contributed by atoms with van der Waals surface area (Å²) in [5.41, 5.74) is 6.90. The van der Waals surface area contributed by atoms with Crippen LogP contribution in [0.4, 0.5) is 5.82 Å². The second kappa shape index (κ2) is 10.2.